The maximum Gasteiger partial charge on any atom is 0.147 e. The van der Waals surface area contributed by atoms with E-state index >= 15 is 0 Å². The van der Waals surface area contributed by atoms with Gasteiger partial charge in [-0.05, 0) is 193 Å². The minimum Gasteiger partial charge on any atom is -0.491 e. The van der Waals surface area contributed by atoms with Crippen molar-refractivity contribution in [3.63, 3.8) is 0 Å². The molecule has 12 heteroatoms. The fraction of sp³-hybridized carbons (Fsp3) is 0.600. The molecular formula is C60H88O4S8. The molecule has 0 spiro atoms. The van der Waals surface area contributed by atoms with Crippen molar-refractivity contribution in [2.24, 2.45) is 0 Å². The molecule has 0 atom stereocenters. The highest BCUT2D eigenvalue weighted by molar-refractivity contribution is 8.01. The van der Waals surface area contributed by atoms with Crippen molar-refractivity contribution in [2.45, 2.75) is 221 Å². The first kappa shape index (κ1) is 61.7. The molecule has 0 saturated carbocycles. The van der Waals surface area contributed by atoms with Gasteiger partial charge in [-0.1, -0.05) is 130 Å². The molecule has 400 valence electrons. The summed E-state index contributed by atoms with van der Waals surface area (Å²) in [6, 6.07) is 19.1. The molecule has 0 aliphatic carbocycles. The molecule has 4 aromatic carbocycles. The molecule has 8 bridgehead atoms. The summed E-state index contributed by atoms with van der Waals surface area (Å²) in [7, 11) is 0. The molecule has 0 aromatic heterocycles. The van der Waals surface area contributed by atoms with E-state index in [-0.39, 0.29) is 21.7 Å². The molecule has 72 heavy (non-hydrogen) atoms. The van der Waals surface area contributed by atoms with E-state index in [1.54, 1.807) is 47.0 Å². The Bertz CT molecular complexity index is 1920. The van der Waals surface area contributed by atoms with E-state index in [2.05, 4.69) is 182 Å². The lowest BCUT2D eigenvalue weighted by molar-refractivity contribution is 0.289. The molecule has 0 N–H and O–H groups in total. The van der Waals surface area contributed by atoms with Gasteiger partial charge in [0.25, 0.3) is 0 Å². The van der Waals surface area contributed by atoms with Crippen LogP contribution < -0.4 is 18.9 Å². The average Bonchev–Trinajstić information content (AvgIpc) is 3.29. The van der Waals surface area contributed by atoms with Crippen molar-refractivity contribution < 1.29 is 18.9 Å². The minimum atomic E-state index is -0.144. The van der Waals surface area contributed by atoms with Gasteiger partial charge in [-0.3, -0.25) is 0 Å². The van der Waals surface area contributed by atoms with E-state index in [4.69, 9.17) is 18.9 Å². The maximum absolute atomic E-state index is 7.16. The molecule has 0 radical (unpaired) electrons. The first-order valence-corrected chi connectivity index (χ1v) is 32.3. The van der Waals surface area contributed by atoms with Crippen LogP contribution in [0.15, 0.2) is 87.7 Å². The third kappa shape index (κ3) is 18.5. The van der Waals surface area contributed by atoms with Gasteiger partial charge in [-0.2, -0.15) is 50.5 Å². The van der Waals surface area contributed by atoms with Crippen molar-refractivity contribution in [1.29, 1.82) is 0 Å². The Morgan fingerprint density at radius 2 is 0.444 bits per heavy atom. The highest BCUT2D eigenvalue weighted by Gasteiger charge is 2.31. The summed E-state index contributed by atoms with van der Waals surface area (Å²) in [5.41, 5.74) is 4.44. The zero-order valence-electron chi connectivity index (χ0n) is 45.8. The highest BCUT2D eigenvalue weighted by atomic mass is 32.2. The topological polar surface area (TPSA) is 36.9 Å². The lowest BCUT2D eigenvalue weighted by atomic mass is 9.87. The van der Waals surface area contributed by atoms with Crippen molar-refractivity contribution >= 4 is 97.6 Å². The van der Waals surface area contributed by atoms with Gasteiger partial charge in [-0.25, -0.2) is 0 Å². The summed E-state index contributed by atoms with van der Waals surface area (Å²) in [6.45, 7) is 30.3. The monoisotopic (exact) mass is 1130 g/mol. The summed E-state index contributed by atoms with van der Waals surface area (Å²) in [5.74, 6) is 7.14. The third-order valence-corrected chi connectivity index (χ3v) is 18.1. The Morgan fingerprint density at radius 1 is 0.278 bits per heavy atom. The summed E-state index contributed by atoms with van der Waals surface area (Å²) in [5, 5.41) is 0. The van der Waals surface area contributed by atoms with Crippen molar-refractivity contribution in [2.75, 3.05) is 49.4 Å². The molecule has 0 unspecified atom stereocenters. The fourth-order valence-electron chi connectivity index (χ4n) is 7.95. The van der Waals surface area contributed by atoms with Crippen molar-refractivity contribution in [3.8, 4) is 23.0 Å². The Morgan fingerprint density at radius 3 is 0.583 bits per heavy atom. The molecule has 0 amide bonds. The number of hydrogen-bond acceptors (Lipinski definition) is 12. The van der Waals surface area contributed by atoms with Crippen LogP contribution in [0.25, 0.3) is 0 Å². The summed E-state index contributed by atoms with van der Waals surface area (Å²) in [4.78, 5) is 8.71. The smallest absolute Gasteiger partial charge is 0.147 e. The van der Waals surface area contributed by atoms with Crippen LogP contribution in [0.4, 0.5) is 0 Å². The van der Waals surface area contributed by atoms with Crippen LogP contribution in [0.2, 0.25) is 0 Å². The van der Waals surface area contributed by atoms with Crippen LogP contribution in [0, 0.1) is 0 Å². The Kier molecular flexibility index (Phi) is 24.9. The molecule has 5 rings (SSSR count). The quantitative estimate of drug-likeness (QED) is 0.0360. The first-order chi connectivity index (χ1) is 34.1. The van der Waals surface area contributed by atoms with Gasteiger partial charge < -0.3 is 18.9 Å². The van der Waals surface area contributed by atoms with Crippen LogP contribution in [-0.2, 0) is 21.7 Å². The number of fused-ring (bicyclic) bond motifs is 8. The van der Waals surface area contributed by atoms with Gasteiger partial charge in [0, 0.05) is 0 Å². The lowest BCUT2D eigenvalue weighted by Gasteiger charge is -2.28. The molecule has 0 fully saturated rings. The normalized spacial score (nSPS) is 13.3. The second kappa shape index (κ2) is 29.0. The first-order valence-electron chi connectivity index (χ1n) is 26.5. The van der Waals surface area contributed by atoms with Crippen LogP contribution in [0.3, 0.4) is 0 Å². The van der Waals surface area contributed by atoms with Gasteiger partial charge in [-0.15, -0.1) is 0 Å². The van der Waals surface area contributed by atoms with Gasteiger partial charge >= 0.3 is 0 Å². The van der Waals surface area contributed by atoms with Gasteiger partial charge in [0.15, 0.2) is 0 Å². The highest BCUT2D eigenvalue weighted by Crippen LogP contribution is 2.56. The average molecular weight is 1130 g/mol. The van der Waals surface area contributed by atoms with Gasteiger partial charge in [0.1, 0.15) is 23.0 Å². The van der Waals surface area contributed by atoms with Gasteiger partial charge in [0.05, 0.1) is 65.6 Å². The van der Waals surface area contributed by atoms with Crippen LogP contribution in [0.5, 0.6) is 23.0 Å². The lowest BCUT2D eigenvalue weighted by Crippen LogP contribution is -2.14. The Labute approximate surface area is 476 Å². The van der Waals surface area contributed by atoms with E-state index in [1.165, 1.54) is 22.3 Å². The number of unbranched alkanes of at least 4 members (excludes halogenated alkanes) is 8. The van der Waals surface area contributed by atoms with Crippen molar-refractivity contribution in [1.82, 2.24) is 0 Å². The molecule has 4 aromatic rings. The zero-order valence-corrected chi connectivity index (χ0v) is 52.7. The number of rotatable bonds is 24. The molecule has 1 heterocycles. The molecule has 0 saturated heterocycles. The SMILES string of the molecule is CC(C)(C)c1cc2c(OCCCCCS)c(c1)Sc1cc(C(C)(C)C)cc(c1OCCCCCS)Sc1cc(C(C)(C)C)cc(c1OCCCCCS)Sc1cc(C(C)(C)C)cc(c1OCCCCCS)S2. The number of benzene rings is 4. The fourth-order valence-corrected chi connectivity index (χ4v) is 13.6. The van der Waals surface area contributed by atoms with E-state index in [0.717, 1.165) is 162 Å². The zero-order chi connectivity index (χ0) is 52.7. The largest absolute Gasteiger partial charge is 0.491 e. The molecular weight excluding hydrogens is 1040 g/mol. The van der Waals surface area contributed by atoms with Crippen LogP contribution in [0.1, 0.15) is 182 Å². The Balaban J connectivity index is 1.96. The number of thiol groups is 4. The molecule has 1 aliphatic heterocycles. The van der Waals surface area contributed by atoms with Crippen LogP contribution in [-0.4, -0.2) is 49.4 Å². The molecule has 1 aliphatic rings. The summed E-state index contributed by atoms with van der Waals surface area (Å²) < 4.78 is 28.6. The third-order valence-electron chi connectivity index (χ3n) is 12.6. The summed E-state index contributed by atoms with van der Waals surface area (Å²) >= 11 is 25.3. The van der Waals surface area contributed by atoms with E-state index in [0.29, 0.717) is 26.4 Å². The van der Waals surface area contributed by atoms with Crippen LogP contribution >= 0.6 is 97.6 Å². The second-order valence-corrected chi connectivity index (χ2v) is 29.3. The van der Waals surface area contributed by atoms with Gasteiger partial charge in [0.2, 0.25) is 0 Å². The Hall–Kier alpha value is -1.12. The maximum atomic E-state index is 7.16. The predicted octanol–water partition coefficient (Wildman–Crippen LogP) is 19.7. The van der Waals surface area contributed by atoms with E-state index in [1.807, 2.05) is 0 Å². The summed E-state index contributed by atoms with van der Waals surface area (Å²) in [6.07, 6.45) is 12.3. The number of hydrogen-bond donors (Lipinski definition) is 4. The van der Waals surface area contributed by atoms with Crippen molar-refractivity contribution in [3.05, 3.63) is 70.8 Å². The molecule has 4 nitrogen and oxygen atoms in total. The van der Waals surface area contributed by atoms with E-state index < -0.39 is 0 Å². The minimum absolute atomic E-state index is 0.144. The predicted molar refractivity (Wildman–Crippen MR) is 330 cm³/mol. The number of ether oxygens (including phenoxy) is 4. The van der Waals surface area contributed by atoms with E-state index in [9.17, 15) is 0 Å². The second-order valence-electron chi connectivity index (χ2n) is 23.1. The standard InChI is InChI=1S/C60H88O4S8/c1-57(2,3)41-33-45-53(61-25-17-13-21-29-65)46(34-41)70-48-36-43(59(7,8)9)38-50(55(48)63-27-19-15-23-31-67)72-52-40-44(60(10,11)12)39-51(56(52)64-28-20-16-24-32-68)71-49-37-42(58(4,5)6)35-47(69-45)54(49)62-26-18-14-22-30-66/h33-40,65-68H,13-32H2,1-12H3.